The van der Waals surface area contributed by atoms with Crippen LogP contribution in [0.2, 0.25) is 0 Å². The van der Waals surface area contributed by atoms with Crippen molar-refractivity contribution in [3.8, 4) is 0 Å². The number of aromatic nitrogens is 4. The molecule has 0 atom stereocenters. The molecule has 35 heavy (non-hydrogen) atoms. The summed E-state index contributed by atoms with van der Waals surface area (Å²) in [7, 11) is 0. The molecule has 0 aliphatic heterocycles. The number of hydrogen-bond acceptors (Lipinski definition) is 5. The van der Waals surface area contributed by atoms with Crippen LogP contribution in [0.4, 0.5) is 0 Å². The lowest BCUT2D eigenvalue weighted by atomic mass is 9.87. The topological polar surface area (TPSA) is 72.7 Å². The van der Waals surface area contributed by atoms with E-state index in [4.69, 9.17) is 4.98 Å². The van der Waals surface area contributed by atoms with Crippen LogP contribution in [0.3, 0.4) is 0 Å². The van der Waals surface area contributed by atoms with Crippen LogP contribution in [0, 0.1) is 0 Å². The van der Waals surface area contributed by atoms with E-state index >= 15 is 0 Å². The van der Waals surface area contributed by atoms with E-state index in [2.05, 4.69) is 84.2 Å². The molecule has 0 radical (unpaired) electrons. The molecule has 0 bridgehead atoms. The van der Waals surface area contributed by atoms with Gasteiger partial charge < -0.3 is 9.88 Å². The fourth-order valence-corrected chi connectivity index (χ4v) is 4.78. The Hall–Kier alpha value is -2.93. The first-order chi connectivity index (χ1) is 16.9. The third-order valence-electron chi connectivity index (χ3n) is 6.20. The number of para-hydroxylation sites is 1. The highest BCUT2D eigenvalue weighted by molar-refractivity contribution is 7.99. The Labute approximate surface area is 211 Å². The first-order valence-electron chi connectivity index (χ1n) is 12.5. The average molecular weight is 490 g/mol. The van der Waals surface area contributed by atoms with Crippen molar-refractivity contribution in [1.29, 1.82) is 0 Å². The van der Waals surface area contributed by atoms with E-state index in [0.717, 1.165) is 41.5 Å². The van der Waals surface area contributed by atoms with Gasteiger partial charge in [-0.15, -0.1) is 10.2 Å². The maximum Gasteiger partial charge on any atom is 0.230 e. The maximum atomic E-state index is 12.2. The molecule has 0 aliphatic rings. The number of amides is 1. The lowest BCUT2D eigenvalue weighted by Gasteiger charge is -2.19. The molecule has 1 N–H and O–H groups in total. The van der Waals surface area contributed by atoms with Gasteiger partial charge in [0.15, 0.2) is 5.65 Å². The van der Waals surface area contributed by atoms with E-state index in [1.54, 1.807) is 0 Å². The summed E-state index contributed by atoms with van der Waals surface area (Å²) in [6.45, 7) is 10.3. The van der Waals surface area contributed by atoms with Gasteiger partial charge in [-0.2, -0.15) is 0 Å². The molecule has 2 aromatic heterocycles. The number of hydrogen-bond donors (Lipinski definition) is 1. The fourth-order valence-electron chi connectivity index (χ4n) is 4.16. The molecule has 0 aliphatic carbocycles. The summed E-state index contributed by atoms with van der Waals surface area (Å²) in [5, 5.41) is 13.4. The minimum atomic E-state index is 0.00896. The average Bonchev–Trinajstić information content (AvgIpc) is 3.15. The lowest BCUT2D eigenvalue weighted by molar-refractivity contribution is -0.118. The van der Waals surface area contributed by atoms with Crippen molar-refractivity contribution in [3.05, 3.63) is 59.7 Å². The van der Waals surface area contributed by atoms with Gasteiger partial charge in [-0.05, 0) is 29.0 Å². The van der Waals surface area contributed by atoms with Gasteiger partial charge in [0.25, 0.3) is 0 Å². The number of nitrogens with zero attached hydrogens (tertiary/aromatic N) is 4. The van der Waals surface area contributed by atoms with E-state index in [1.807, 2.05) is 12.1 Å². The van der Waals surface area contributed by atoms with Crippen molar-refractivity contribution in [2.45, 2.75) is 70.5 Å². The molecule has 6 nitrogen and oxygen atoms in total. The zero-order chi connectivity index (χ0) is 24.8. The Bertz CT molecular complexity index is 1290. The minimum absolute atomic E-state index is 0.00896. The Balaban J connectivity index is 1.54. The molecule has 4 rings (SSSR count). The zero-order valence-corrected chi connectivity index (χ0v) is 22.0. The number of carbonyl (C=O) groups is 1. The number of fused-ring (bicyclic) bond motifs is 3. The molecule has 184 valence electrons. The van der Waals surface area contributed by atoms with Gasteiger partial charge in [0.05, 0.1) is 11.3 Å². The molecule has 0 unspecified atom stereocenters. The normalized spacial score (nSPS) is 11.9. The van der Waals surface area contributed by atoms with E-state index in [9.17, 15) is 4.79 Å². The van der Waals surface area contributed by atoms with Crippen LogP contribution in [-0.4, -0.2) is 38.0 Å². The summed E-state index contributed by atoms with van der Waals surface area (Å²) < 4.78 is 2.20. The second-order valence-electron chi connectivity index (χ2n) is 10.0. The van der Waals surface area contributed by atoms with Crippen molar-refractivity contribution in [1.82, 2.24) is 25.1 Å². The highest BCUT2D eigenvalue weighted by Crippen LogP contribution is 2.29. The van der Waals surface area contributed by atoms with Crippen molar-refractivity contribution in [3.63, 3.8) is 0 Å². The van der Waals surface area contributed by atoms with Crippen LogP contribution in [0.25, 0.3) is 22.1 Å². The Kier molecular flexibility index (Phi) is 8.06. The largest absolute Gasteiger partial charge is 0.355 e. The summed E-state index contributed by atoms with van der Waals surface area (Å²) in [5.74, 6) is 0.296. The van der Waals surface area contributed by atoms with Crippen LogP contribution in [0.5, 0.6) is 0 Å². The summed E-state index contributed by atoms with van der Waals surface area (Å²) in [6.07, 6.45) is 4.57. The van der Waals surface area contributed by atoms with Crippen molar-refractivity contribution in [2.24, 2.45) is 0 Å². The van der Waals surface area contributed by atoms with E-state index in [-0.39, 0.29) is 17.1 Å². The molecule has 0 saturated carbocycles. The van der Waals surface area contributed by atoms with Crippen molar-refractivity contribution < 1.29 is 4.79 Å². The van der Waals surface area contributed by atoms with Gasteiger partial charge >= 0.3 is 0 Å². The van der Waals surface area contributed by atoms with Gasteiger partial charge in [-0.3, -0.25) is 4.79 Å². The van der Waals surface area contributed by atoms with E-state index < -0.39 is 0 Å². The molecule has 4 aromatic rings. The van der Waals surface area contributed by atoms with Crippen molar-refractivity contribution in [2.75, 3.05) is 12.3 Å². The zero-order valence-electron chi connectivity index (χ0n) is 21.2. The van der Waals surface area contributed by atoms with E-state index in [0.29, 0.717) is 11.7 Å². The Morgan fingerprint density at radius 2 is 1.77 bits per heavy atom. The van der Waals surface area contributed by atoms with Gasteiger partial charge in [0, 0.05) is 18.5 Å². The van der Waals surface area contributed by atoms with Gasteiger partial charge in [0.2, 0.25) is 11.1 Å². The predicted octanol–water partition coefficient (Wildman–Crippen LogP) is 6.11. The van der Waals surface area contributed by atoms with Crippen LogP contribution >= 0.6 is 11.8 Å². The molecule has 1 amide bonds. The molecule has 2 heterocycles. The highest BCUT2D eigenvalue weighted by atomic mass is 32.2. The quantitative estimate of drug-likeness (QED) is 0.215. The highest BCUT2D eigenvalue weighted by Gasteiger charge is 2.17. The molecular weight excluding hydrogens is 454 g/mol. The van der Waals surface area contributed by atoms with Crippen molar-refractivity contribution >= 4 is 39.7 Å². The minimum Gasteiger partial charge on any atom is -0.355 e. The van der Waals surface area contributed by atoms with Gasteiger partial charge in [0.1, 0.15) is 5.52 Å². The molecular formula is C28H35N5OS. The molecule has 0 saturated heterocycles. The first kappa shape index (κ1) is 25.2. The summed E-state index contributed by atoms with van der Waals surface area (Å²) in [6, 6.07) is 17.0. The maximum absolute atomic E-state index is 12.2. The number of unbranched alkanes of at least 4 members (excludes halogenated alkanes) is 3. The first-order valence-corrected chi connectivity index (χ1v) is 13.5. The molecule has 7 heteroatoms. The second kappa shape index (κ2) is 11.2. The summed E-state index contributed by atoms with van der Waals surface area (Å²) in [5.41, 5.74) is 5.30. The summed E-state index contributed by atoms with van der Waals surface area (Å²) in [4.78, 5) is 17.1. The number of benzene rings is 2. The molecule has 0 fully saturated rings. The molecule has 2 aromatic carbocycles. The third-order valence-corrected chi connectivity index (χ3v) is 7.04. The fraction of sp³-hybridized carbons (Fsp3) is 0.429. The van der Waals surface area contributed by atoms with Gasteiger partial charge in [-0.25, -0.2) is 4.98 Å². The number of nitrogens with one attached hydrogen (secondary N) is 1. The smallest absolute Gasteiger partial charge is 0.230 e. The second-order valence-corrected chi connectivity index (χ2v) is 11.0. The number of thioether (sulfide) groups is 1. The number of carbonyl (C=O) groups excluding carboxylic acids is 1. The van der Waals surface area contributed by atoms with Gasteiger partial charge in [-0.1, -0.05) is 101 Å². The molecule has 0 spiro atoms. The van der Waals surface area contributed by atoms with Crippen LogP contribution in [0.1, 0.15) is 64.5 Å². The monoisotopic (exact) mass is 489 g/mol. The van der Waals surface area contributed by atoms with Crippen LogP contribution in [0.15, 0.2) is 53.7 Å². The Morgan fingerprint density at radius 3 is 2.51 bits per heavy atom. The standard InChI is InChI=1S/C28H35N5OS/c1-5-6-7-10-17-29-24(34)19-35-27-30-26-25(31-32-27)22-11-8-9-12-23(22)33(26)18-20-13-15-21(16-14-20)28(2,3)4/h8-9,11-16H,5-7,10,17-19H2,1-4H3,(H,29,34). The predicted molar refractivity (Wildman–Crippen MR) is 145 cm³/mol. The number of rotatable bonds is 10. The lowest BCUT2D eigenvalue weighted by Crippen LogP contribution is -2.26. The van der Waals surface area contributed by atoms with Crippen LogP contribution < -0.4 is 5.32 Å². The van der Waals surface area contributed by atoms with Crippen LogP contribution in [-0.2, 0) is 16.8 Å². The van der Waals surface area contributed by atoms with E-state index in [1.165, 1.54) is 35.7 Å². The Morgan fingerprint density at radius 1 is 1.00 bits per heavy atom. The third kappa shape index (κ3) is 6.20. The summed E-state index contributed by atoms with van der Waals surface area (Å²) >= 11 is 1.33. The SMILES string of the molecule is CCCCCCNC(=O)CSc1nnc2c3ccccc3n(Cc3ccc(C(C)(C)C)cc3)c2n1.